The monoisotopic (exact) mass is 327 g/mol. The quantitative estimate of drug-likeness (QED) is 0.838. The van der Waals surface area contributed by atoms with E-state index in [-0.39, 0.29) is 10.9 Å². The summed E-state index contributed by atoms with van der Waals surface area (Å²) in [6.07, 6.45) is 7.69. The summed E-state index contributed by atoms with van der Waals surface area (Å²) in [6.45, 7) is 0.712. The third-order valence-electron chi connectivity index (χ3n) is 4.70. The van der Waals surface area contributed by atoms with Crippen molar-refractivity contribution in [2.75, 3.05) is 12.3 Å². The fourth-order valence-electron chi connectivity index (χ4n) is 3.59. The average molecular weight is 328 g/mol. The zero-order chi connectivity index (χ0) is 14.9. The van der Waals surface area contributed by atoms with Gasteiger partial charge in [0.1, 0.15) is 0 Å². The first-order valence-corrected chi connectivity index (χ1v) is 9.28. The zero-order valence-corrected chi connectivity index (χ0v) is 13.7. The van der Waals surface area contributed by atoms with Gasteiger partial charge in [0, 0.05) is 22.6 Å². The van der Waals surface area contributed by atoms with E-state index < -0.39 is 10.8 Å². The highest BCUT2D eigenvalue weighted by Crippen LogP contribution is 2.41. The SMILES string of the molecule is Nc1cc(Cl)ccc1S(=O)C1CCOC2(CCCCC2)C1. The van der Waals surface area contributed by atoms with Gasteiger partial charge in [-0.3, -0.25) is 4.21 Å². The molecule has 1 aliphatic carbocycles. The highest BCUT2D eigenvalue weighted by molar-refractivity contribution is 7.85. The van der Waals surface area contributed by atoms with Crippen LogP contribution in [0.15, 0.2) is 23.1 Å². The Labute approximate surface area is 133 Å². The Balaban J connectivity index is 1.77. The normalized spacial score (nSPS) is 26.6. The lowest BCUT2D eigenvalue weighted by Gasteiger charge is -2.43. The minimum absolute atomic E-state index is 0.0297. The Morgan fingerprint density at radius 3 is 2.76 bits per heavy atom. The second kappa shape index (κ2) is 6.27. The summed E-state index contributed by atoms with van der Waals surface area (Å²) in [5.74, 6) is 0. The molecule has 0 amide bonds. The smallest absolute Gasteiger partial charge is 0.0694 e. The number of benzene rings is 1. The van der Waals surface area contributed by atoms with Crippen LogP contribution in [0.5, 0.6) is 0 Å². The number of nitrogens with two attached hydrogens (primary N) is 1. The van der Waals surface area contributed by atoms with Crippen molar-refractivity contribution >= 4 is 28.1 Å². The van der Waals surface area contributed by atoms with E-state index in [9.17, 15) is 4.21 Å². The molecule has 2 fully saturated rings. The van der Waals surface area contributed by atoms with Crippen LogP contribution in [-0.2, 0) is 15.5 Å². The predicted octanol–water partition coefficient (Wildman–Crippen LogP) is 3.91. The van der Waals surface area contributed by atoms with Crippen LogP contribution >= 0.6 is 11.6 Å². The van der Waals surface area contributed by atoms with Gasteiger partial charge in [0.2, 0.25) is 0 Å². The highest BCUT2D eigenvalue weighted by atomic mass is 35.5. The molecule has 1 aromatic carbocycles. The molecule has 21 heavy (non-hydrogen) atoms. The lowest BCUT2D eigenvalue weighted by atomic mass is 9.80. The first-order chi connectivity index (χ1) is 10.1. The molecule has 3 nitrogen and oxygen atoms in total. The Morgan fingerprint density at radius 1 is 1.29 bits per heavy atom. The van der Waals surface area contributed by atoms with E-state index in [2.05, 4.69) is 0 Å². The molecule has 1 saturated carbocycles. The Bertz CT molecular complexity index is 538. The number of hydrogen-bond acceptors (Lipinski definition) is 3. The molecule has 0 aromatic heterocycles. The van der Waals surface area contributed by atoms with Crippen molar-refractivity contribution in [3.05, 3.63) is 23.2 Å². The van der Waals surface area contributed by atoms with E-state index in [1.54, 1.807) is 18.2 Å². The molecule has 1 saturated heterocycles. The zero-order valence-electron chi connectivity index (χ0n) is 12.1. The maximum atomic E-state index is 12.9. The Hall–Kier alpha value is -0.580. The first-order valence-electron chi connectivity index (χ1n) is 7.69. The fourth-order valence-corrected chi connectivity index (χ4v) is 5.39. The summed E-state index contributed by atoms with van der Waals surface area (Å²) in [6, 6.07) is 5.25. The van der Waals surface area contributed by atoms with E-state index in [0.29, 0.717) is 17.3 Å². The summed E-state index contributed by atoms with van der Waals surface area (Å²) < 4.78 is 19.0. The number of ether oxygens (including phenoxy) is 1. The standard InChI is InChI=1S/C16H22ClNO2S/c17-12-4-5-15(14(18)10-12)21(19)13-6-9-20-16(11-13)7-2-1-3-8-16/h4-5,10,13H,1-3,6-9,11,18H2. The number of anilines is 1. The van der Waals surface area contributed by atoms with Crippen LogP contribution in [0.25, 0.3) is 0 Å². The van der Waals surface area contributed by atoms with E-state index >= 15 is 0 Å². The van der Waals surface area contributed by atoms with Gasteiger partial charge in [-0.1, -0.05) is 30.9 Å². The van der Waals surface area contributed by atoms with Crippen molar-refractivity contribution in [2.45, 2.75) is 60.7 Å². The molecule has 5 heteroatoms. The molecular formula is C16H22ClNO2S. The van der Waals surface area contributed by atoms with Crippen molar-refractivity contribution < 1.29 is 8.95 Å². The van der Waals surface area contributed by atoms with Gasteiger partial charge in [-0.05, 0) is 43.9 Å². The van der Waals surface area contributed by atoms with Crippen LogP contribution in [0.2, 0.25) is 5.02 Å². The van der Waals surface area contributed by atoms with Gasteiger partial charge in [-0.2, -0.15) is 0 Å². The molecule has 1 heterocycles. The third-order valence-corrected chi connectivity index (χ3v) is 6.75. The Morgan fingerprint density at radius 2 is 2.05 bits per heavy atom. The van der Waals surface area contributed by atoms with Gasteiger partial charge in [0.05, 0.1) is 21.3 Å². The Kier molecular flexibility index (Phi) is 4.57. The van der Waals surface area contributed by atoms with Crippen molar-refractivity contribution in [3.8, 4) is 0 Å². The number of hydrogen-bond donors (Lipinski definition) is 1. The topological polar surface area (TPSA) is 52.3 Å². The van der Waals surface area contributed by atoms with Crippen LogP contribution in [0.1, 0.15) is 44.9 Å². The van der Waals surface area contributed by atoms with Gasteiger partial charge in [-0.15, -0.1) is 0 Å². The molecule has 2 N–H and O–H groups in total. The van der Waals surface area contributed by atoms with Crippen LogP contribution < -0.4 is 5.73 Å². The maximum Gasteiger partial charge on any atom is 0.0694 e. The summed E-state index contributed by atoms with van der Waals surface area (Å²) in [5.41, 5.74) is 6.49. The summed E-state index contributed by atoms with van der Waals surface area (Å²) in [7, 11) is -1.08. The van der Waals surface area contributed by atoms with E-state index in [0.717, 1.165) is 30.6 Å². The molecule has 1 aliphatic heterocycles. The molecule has 0 radical (unpaired) electrons. The summed E-state index contributed by atoms with van der Waals surface area (Å²) in [4.78, 5) is 0.720. The minimum atomic E-state index is -1.08. The summed E-state index contributed by atoms with van der Waals surface area (Å²) >= 11 is 5.93. The predicted molar refractivity (Wildman–Crippen MR) is 87.1 cm³/mol. The summed E-state index contributed by atoms with van der Waals surface area (Å²) in [5, 5.41) is 0.726. The molecule has 3 rings (SSSR count). The number of rotatable bonds is 2. The molecule has 116 valence electrons. The number of nitrogen functional groups attached to an aromatic ring is 1. The van der Waals surface area contributed by atoms with E-state index in [1.165, 1.54) is 19.3 Å². The molecular weight excluding hydrogens is 306 g/mol. The second-order valence-electron chi connectivity index (χ2n) is 6.19. The molecule has 0 bridgehead atoms. The van der Waals surface area contributed by atoms with Gasteiger partial charge in [0.25, 0.3) is 0 Å². The van der Waals surface area contributed by atoms with Crippen molar-refractivity contribution in [1.82, 2.24) is 0 Å². The van der Waals surface area contributed by atoms with Gasteiger partial charge in [-0.25, -0.2) is 0 Å². The molecule has 1 aromatic rings. The third kappa shape index (κ3) is 3.27. The second-order valence-corrected chi connectivity index (χ2v) is 8.32. The van der Waals surface area contributed by atoms with Gasteiger partial charge < -0.3 is 10.5 Å². The van der Waals surface area contributed by atoms with Crippen molar-refractivity contribution in [2.24, 2.45) is 0 Å². The minimum Gasteiger partial charge on any atom is -0.398 e. The van der Waals surface area contributed by atoms with Gasteiger partial charge >= 0.3 is 0 Å². The van der Waals surface area contributed by atoms with Crippen LogP contribution in [0.3, 0.4) is 0 Å². The van der Waals surface area contributed by atoms with Gasteiger partial charge in [0.15, 0.2) is 0 Å². The molecule has 2 unspecified atom stereocenters. The average Bonchev–Trinajstić information content (AvgIpc) is 2.47. The fraction of sp³-hybridized carbons (Fsp3) is 0.625. The number of halogens is 1. The van der Waals surface area contributed by atoms with Crippen molar-refractivity contribution in [1.29, 1.82) is 0 Å². The van der Waals surface area contributed by atoms with E-state index in [1.807, 2.05) is 0 Å². The molecule has 2 atom stereocenters. The molecule has 1 spiro atoms. The first kappa shape index (κ1) is 15.3. The maximum absolute atomic E-state index is 12.9. The van der Waals surface area contributed by atoms with Crippen molar-refractivity contribution in [3.63, 3.8) is 0 Å². The largest absolute Gasteiger partial charge is 0.398 e. The highest BCUT2D eigenvalue weighted by Gasteiger charge is 2.40. The van der Waals surface area contributed by atoms with Crippen LogP contribution in [-0.4, -0.2) is 21.7 Å². The van der Waals surface area contributed by atoms with E-state index in [4.69, 9.17) is 22.1 Å². The molecule has 2 aliphatic rings. The lowest BCUT2D eigenvalue weighted by Crippen LogP contribution is -2.44. The lowest BCUT2D eigenvalue weighted by molar-refractivity contribution is -0.0975. The van der Waals surface area contributed by atoms with Crippen LogP contribution in [0.4, 0.5) is 5.69 Å². The van der Waals surface area contributed by atoms with Crippen LogP contribution in [0, 0.1) is 0 Å².